The lowest BCUT2D eigenvalue weighted by atomic mass is 9.65. The molecule has 124 heavy (non-hydrogen) atoms. The monoisotopic (exact) mass is 1580 g/mol. The minimum Gasteiger partial charge on any atom is -0.457 e. The maximum atomic E-state index is 7.12. The lowest BCUT2D eigenvalue weighted by Gasteiger charge is -2.40. The number of nitrogens with zero attached hydrogens (tertiary/aromatic N) is 7. The number of pyridine rings is 7. The zero-order valence-corrected chi connectivity index (χ0v) is 66.8. The molecule has 0 amide bonds. The fraction of sp³-hybridized carbons (Fsp3) is 0.0174. The van der Waals surface area contributed by atoms with E-state index in [2.05, 4.69) is 374 Å². The van der Waals surface area contributed by atoms with Crippen molar-refractivity contribution in [3.63, 3.8) is 0 Å². The van der Waals surface area contributed by atoms with E-state index in [1.165, 1.54) is 44.5 Å². The molecule has 7 aromatic heterocycles. The molecular weight excluding hydrogens is 1510 g/mol. The van der Waals surface area contributed by atoms with Gasteiger partial charge in [0.2, 0.25) is 0 Å². The first-order valence-electron chi connectivity index (χ1n) is 42.0. The van der Waals surface area contributed by atoms with Gasteiger partial charge in [-0.25, -0.2) is 24.9 Å². The fourth-order valence-corrected chi connectivity index (χ4v) is 20.2. The van der Waals surface area contributed by atoms with E-state index < -0.39 is 10.8 Å². The van der Waals surface area contributed by atoms with Crippen molar-refractivity contribution in [2.45, 2.75) is 10.8 Å². The quantitative estimate of drug-likeness (QED) is 0.137. The molecule has 2 spiro atoms. The van der Waals surface area contributed by atoms with Crippen molar-refractivity contribution in [1.29, 1.82) is 0 Å². The molecule has 9 nitrogen and oxygen atoms in total. The Morgan fingerprint density at radius 1 is 0.185 bits per heavy atom. The van der Waals surface area contributed by atoms with Crippen molar-refractivity contribution in [3.05, 3.63) is 463 Å². The molecule has 0 saturated carbocycles. The van der Waals surface area contributed by atoms with E-state index in [4.69, 9.17) is 34.4 Å². The molecule has 0 saturated heterocycles. The lowest BCUT2D eigenvalue weighted by Crippen LogP contribution is -2.32. The molecule has 2 aliphatic carbocycles. The summed E-state index contributed by atoms with van der Waals surface area (Å²) in [5, 5.41) is 8.76. The summed E-state index contributed by atoms with van der Waals surface area (Å²) in [4.78, 5) is 35.4. The SMILES string of the molecule is c1ccc(-c2ccc3ccc4ccc(-c5ccc6c(c5)C5(c7cc8c(cc7O6)c(-c6ccccc6)nc6ccccc68)c6ccccc6-c6ccccc65)nc4c3n2)cc1.c1ccc(-c2nc3ccccc3c3cc4c(cc23)Oc2ccc(-c3ccc(-c5cc(-c6ccccn6)nc(-c6ccccn6)c5)cc3)cc2C42c3ccccc3-c3ccccc32)cc1. The maximum absolute atomic E-state index is 7.12. The molecule has 22 aromatic rings. The third kappa shape index (κ3) is 10.9. The fourth-order valence-electron chi connectivity index (χ4n) is 20.2. The van der Waals surface area contributed by atoms with Crippen molar-refractivity contribution < 1.29 is 9.47 Å². The van der Waals surface area contributed by atoms with Crippen molar-refractivity contribution in [1.82, 2.24) is 34.9 Å². The summed E-state index contributed by atoms with van der Waals surface area (Å²) >= 11 is 0. The first-order chi connectivity index (χ1) is 61.4. The standard InChI is InChI=1S/C59H36N4O.C56H33N3O/c1-2-14-39(15-3-1)58-46-36-57-50(35-45(46)44-18-6-9-21-51(44)63-58)59(47-19-7-4-16-42(47)43-17-5-8-20-48(43)59)49-32-40(28-29-56(49)64-57)37-24-26-38(27-25-37)41-33-54(52-22-10-12-30-60-52)62-55(34-41)53-23-11-13-31-61-53;1-3-13-34(14-4-1)48-28-25-36-23-24-37-26-29-49(58-55(37)54(36)57-48)38-27-30-51-46(31-38)56(44-20-10-7-17-39(44)40-18-8-11-21-45(40)56)47-32-42-41-19-9-12-22-50(41)59-53(35-15-5-2-6-16-35)43(42)33-52(47)60-51/h1-36H;1-33H. The highest BCUT2D eigenvalue weighted by Gasteiger charge is 2.53. The first-order valence-corrected chi connectivity index (χ1v) is 42.0. The molecule has 9 heterocycles. The summed E-state index contributed by atoms with van der Waals surface area (Å²) in [6, 6.07) is 144. The number of para-hydroxylation sites is 2. The van der Waals surface area contributed by atoms with Crippen molar-refractivity contribution >= 4 is 65.2 Å². The van der Waals surface area contributed by atoms with Gasteiger partial charge in [0.1, 0.15) is 23.0 Å². The van der Waals surface area contributed by atoms with Crippen LogP contribution in [0.4, 0.5) is 0 Å². The largest absolute Gasteiger partial charge is 0.457 e. The van der Waals surface area contributed by atoms with Crippen LogP contribution in [0.2, 0.25) is 0 Å². The van der Waals surface area contributed by atoms with Crippen LogP contribution in [0.15, 0.2) is 419 Å². The van der Waals surface area contributed by atoms with Gasteiger partial charge in [0, 0.05) is 89.2 Å². The highest BCUT2D eigenvalue weighted by molar-refractivity contribution is 6.14. The van der Waals surface area contributed by atoms with Crippen molar-refractivity contribution in [3.8, 4) is 135 Å². The van der Waals surface area contributed by atoms with E-state index in [-0.39, 0.29) is 0 Å². The third-order valence-electron chi connectivity index (χ3n) is 25.7. The predicted molar refractivity (Wildman–Crippen MR) is 501 cm³/mol. The second-order valence-corrected chi connectivity index (χ2v) is 32.4. The number of hydrogen-bond acceptors (Lipinski definition) is 9. The Morgan fingerprint density at radius 2 is 0.548 bits per heavy atom. The van der Waals surface area contributed by atoms with E-state index in [9.17, 15) is 0 Å². The van der Waals surface area contributed by atoms with Crippen LogP contribution in [0.3, 0.4) is 0 Å². The number of aromatic nitrogens is 7. The van der Waals surface area contributed by atoms with Gasteiger partial charge in [-0.05, 0) is 193 Å². The van der Waals surface area contributed by atoms with Crippen LogP contribution < -0.4 is 9.47 Å². The third-order valence-corrected chi connectivity index (χ3v) is 25.7. The molecule has 26 rings (SSSR count). The second kappa shape index (κ2) is 28.1. The van der Waals surface area contributed by atoms with E-state index in [0.29, 0.717) is 0 Å². The van der Waals surface area contributed by atoms with Gasteiger partial charge in [-0.2, -0.15) is 0 Å². The van der Waals surface area contributed by atoms with Crippen molar-refractivity contribution in [2.24, 2.45) is 0 Å². The number of fused-ring (bicyclic) bond motifs is 27. The zero-order valence-electron chi connectivity index (χ0n) is 66.8. The summed E-state index contributed by atoms with van der Waals surface area (Å²) in [5.41, 5.74) is 32.3. The maximum Gasteiger partial charge on any atom is 0.132 e. The molecule has 0 bridgehead atoms. The Morgan fingerprint density at radius 3 is 1.00 bits per heavy atom. The van der Waals surface area contributed by atoms with Gasteiger partial charge in [-0.3, -0.25) is 9.97 Å². The summed E-state index contributed by atoms with van der Waals surface area (Å²) in [6.07, 6.45) is 3.61. The first kappa shape index (κ1) is 70.5. The van der Waals surface area contributed by atoms with Gasteiger partial charge < -0.3 is 9.47 Å². The van der Waals surface area contributed by atoms with E-state index in [1.54, 1.807) is 12.4 Å². The van der Waals surface area contributed by atoms with Crippen LogP contribution in [0.25, 0.3) is 177 Å². The Bertz CT molecular complexity index is 8020. The molecule has 0 radical (unpaired) electrons. The van der Waals surface area contributed by atoms with Crippen molar-refractivity contribution in [2.75, 3.05) is 0 Å². The molecule has 4 aliphatic rings. The summed E-state index contributed by atoms with van der Waals surface area (Å²) in [6.45, 7) is 0. The normalized spacial score (nSPS) is 13.1. The van der Waals surface area contributed by atoms with Crippen LogP contribution in [0.1, 0.15) is 44.5 Å². The molecule has 2 aliphatic heterocycles. The van der Waals surface area contributed by atoms with Gasteiger partial charge in [0.05, 0.1) is 78.4 Å². The van der Waals surface area contributed by atoms with E-state index in [0.717, 1.165) is 200 Å². The Kier molecular flexibility index (Phi) is 16.0. The summed E-state index contributed by atoms with van der Waals surface area (Å²) in [5.74, 6) is 3.34. The molecule has 0 N–H and O–H groups in total. The Hall–Kier alpha value is -16.5. The topological polar surface area (TPSA) is 109 Å². The predicted octanol–water partition coefficient (Wildman–Crippen LogP) is 28.3. The average molecular weight is 1580 g/mol. The van der Waals surface area contributed by atoms with Crippen LogP contribution in [-0.4, -0.2) is 34.9 Å². The van der Waals surface area contributed by atoms with Crippen LogP contribution in [0.5, 0.6) is 23.0 Å². The van der Waals surface area contributed by atoms with Gasteiger partial charge in [0.15, 0.2) is 0 Å². The summed E-state index contributed by atoms with van der Waals surface area (Å²) in [7, 11) is 0. The van der Waals surface area contributed by atoms with Crippen LogP contribution in [-0.2, 0) is 10.8 Å². The number of ether oxygens (including phenoxy) is 2. The molecule has 15 aromatic carbocycles. The zero-order chi connectivity index (χ0) is 81.6. The lowest BCUT2D eigenvalue weighted by molar-refractivity contribution is 0.437. The average Bonchev–Trinajstić information content (AvgIpc) is 1.52. The second-order valence-electron chi connectivity index (χ2n) is 32.4. The number of benzene rings is 15. The summed E-state index contributed by atoms with van der Waals surface area (Å²) < 4.78 is 14.2. The number of rotatable bonds is 8. The molecular formula is C115H69N7O2. The Labute approximate surface area is 714 Å². The number of hydrogen-bond donors (Lipinski definition) is 0. The highest BCUT2D eigenvalue weighted by atomic mass is 16.5. The van der Waals surface area contributed by atoms with Gasteiger partial charge in [0.25, 0.3) is 0 Å². The molecule has 576 valence electrons. The van der Waals surface area contributed by atoms with Gasteiger partial charge in [-0.15, -0.1) is 0 Å². The molecule has 9 heteroatoms. The van der Waals surface area contributed by atoms with Crippen LogP contribution >= 0.6 is 0 Å². The van der Waals surface area contributed by atoms with Crippen LogP contribution in [0, 0.1) is 0 Å². The van der Waals surface area contributed by atoms with Gasteiger partial charge in [-0.1, -0.05) is 291 Å². The highest BCUT2D eigenvalue weighted by Crippen LogP contribution is 2.66. The smallest absolute Gasteiger partial charge is 0.132 e. The molecule has 0 atom stereocenters. The molecule has 0 unspecified atom stereocenters. The van der Waals surface area contributed by atoms with Gasteiger partial charge >= 0.3 is 0 Å². The van der Waals surface area contributed by atoms with E-state index >= 15 is 0 Å². The minimum atomic E-state index is -0.673. The molecule has 0 fully saturated rings. The minimum absolute atomic E-state index is 0.654. The Balaban J connectivity index is 0.000000136. The van der Waals surface area contributed by atoms with E-state index in [1.807, 2.05) is 42.5 Å².